The number of nitrogens with zero attached hydrogens (tertiary/aromatic N) is 1. The minimum atomic E-state index is -0.711. The average molecular weight is 376 g/mol. The molecule has 3 rings (SSSR count). The third-order valence-corrected chi connectivity index (χ3v) is 6.16. The van der Waals surface area contributed by atoms with Crippen molar-refractivity contribution in [2.24, 2.45) is 0 Å². The van der Waals surface area contributed by atoms with Crippen molar-refractivity contribution >= 4 is 5.97 Å². The van der Waals surface area contributed by atoms with Crippen molar-refractivity contribution in [2.75, 3.05) is 26.3 Å². The first kappa shape index (κ1) is 20.0. The lowest BCUT2D eigenvalue weighted by Gasteiger charge is -2.40. The number of fused-ring (bicyclic) bond motifs is 2. The molecule has 1 N–H and O–H groups in total. The van der Waals surface area contributed by atoms with Crippen LogP contribution in [0.4, 0.5) is 0 Å². The molecule has 0 amide bonds. The molecule has 2 aliphatic rings. The first-order chi connectivity index (χ1) is 13.1. The van der Waals surface area contributed by atoms with E-state index in [9.17, 15) is 9.90 Å². The molecule has 2 heterocycles. The number of ether oxygens (including phenoxy) is 2. The molecule has 0 bridgehead atoms. The molecule has 1 fully saturated rings. The molecule has 0 radical (unpaired) electrons. The predicted octanol–water partition coefficient (Wildman–Crippen LogP) is 4.23. The van der Waals surface area contributed by atoms with Crippen molar-refractivity contribution in [1.29, 1.82) is 0 Å². The molecule has 1 aromatic carbocycles. The van der Waals surface area contributed by atoms with E-state index >= 15 is 0 Å². The lowest BCUT2D eigenvalue weighted by atomic mass is 9.74. The van der Waals surface area contributed by atoms with Crippen LogP contribution < -0.4 is 9.47 Å². The van der Waals surface area contributed by atoms with Crippen LogP contribution >= 0.6 is 0 Å². The quantitative estimate of drug-likeness (QED) is 0.655. The van der Waals surface area contributed by atoms with Gasteiger partial charge in [0.15, 0.2) is 0 Å². The van der Waals surface area contributed by atoms with Gasteiger partial charge in [-0.1, -0.05) is 39.2 Å². The summed E-state index contributed by atoms with van der Waals surface area (Å²) in [7, 11) is 0. The lowest BCUT2D eigenvalue weighted by molar-refractivity contribution is -0.144. The number of hydrogen-bond donors (Lipinski definition) is 1. The van der Waals surface area contributed by atoms with Crippen molar-refractivity contribution in [3.8, 4) is 11.5 Å². The Labute approximate surface area is 162 Å². The molecule has 0 aliphatic carbocycles. The topological polar surface area (TPSA) is 59.0 Å². The van der Waals surface area contributed by atoms with Gasteiger partial charge in [-0.05, 0) is 44.8 Å². The number of likely N-dealkylation sites (tertiary alicyclic amines) is 1. The molecule has 5 nitrogen and oxygen atoms in total. The second-order valence-corrected chi connectivity index (χ2v) is 7.93. The normalized spacial score (nSPS) is 19.5. The summed E-state index contributed by atoms with van der Waals surface area (Å²) < 4.78 is 11.9. The number of carbonyl (C=O) groups is 1. The molecule has 0 saturated carbocycles. The number of hydrogen-bond acceptors (Lipinski definition) is 4. The fraction of sp³-hybridized carbons (Fsp3) is 0.682. The van der Waals surface area contributed by atoms with Gasteiger partial charge in [0.05, 0.1) is 13.2 Å². The Hall–Kier alpha value is -1.75. The van der Waals surface area contributed by atoms with Gasteiger partial charge < -0.3 is 14.6 Å². The highest BCUT2D eigenvalue weighted by atomic mass is 16.5. The maximum absolute atomic E-state index is 11.4. The SMILES string of the molecule is CCCCCCOc1ccc2c(c1)OCC21CCN(C(CC)C(=O)O)CC1. The van der Waals surface area contributed by atoms with Crippen molar-refractivity contribution < 1.29 is 19.4 Å². The highest BCUT2D eigenvalue weighted by Crippen LogP contribution is 2.47. The van der Waals surface area contributed by atoms with Crippen LogP contribution in [-0.4, -0.2) is 48.3 Å². The van der Waals surface area contributed by atoms with Crippen LogP contribution in [0.3, 0.4) is 0 Å². The number of piperidine rings is 1. The first-order valence-corrected chi connectivity index (χ1v) is 10.5. The summed E-state index contributed by atoms with van der Waals surface area (Å²) in [6, 6.07) is 5.89. The Morgan fingerprint density at radius 1 is 1.26 bits per heavy atom. The van der Waals surface area contributed by atoms with E-state index in [-0.39, 0.29) is 11.5 Å². The molecule has 27 heavy (non-hydrogen) atoms. The Balaban J connectivity index is 1.59. The van der Waals surface area contributed by atoms with Gasteiger partial charge in [0.1, 0.15) is 17.5 Å². The maximum Gasteiger partial charge on any atom is 0.320 e. The predicted molar refractivity (Wildman–Crippen MR) is 106 cm³/mol. The number of carboxylic acid groups (broad SMARTS) is 1. The van der Waals surface area contributed by atoms with Gasteiger partial charge in [-0.25, -0.2) is 0 Å². The van der Waals surface area contributed by atoms with Crippen molar-refractivity contribution in [3.05, 3.63) is 23.8 Å². The van der Waals surface area contributed by atoms with E-state index in [0.29, 0.717) is 13.0 Å². The van der Waals surface area contributed by atoms with E-state index in [4.69, 9.17) is 9.47 Å². The lowest BCUT2D eigenvalue weighted by Crippen LogP contribution is -2.50. The number of aliphatic carboxylic acids is 1. The van der Waals surface area contributed by atoms with Gasteiger partial charge in [0.2, 0.25) is 0 Å². The van der Waals surface area contributed by atoms with Gasteiger partial charge in [-0.2, -0.15) is 0 Å². The molecule has 5 heteroatoms. The molecule has 1 spiro atoms. The highest BCUT2D eigenvalue weighted by molar-refractivity contribution is 5.73. The fourth-order valence-corrected chi connectivity index (χ4v) is 4.43. The Morgan fingerprint density at radius 2 is 2.04 bits per heavy atom. The minimum absolute atomic E-state index is 0.0300. The molecule has 1 aromatic rings. The first-order valence-electron chi connectivity index (χ1n) is 10.5. The summed E-state index contributed by atoms with van der Waals surface area (Å²) >= 11 is 0. The smallest absolute Gasteiger partial charge is 0.320 e. The molecule has 1 unspecified atom stereocenters. The van der Waals surface area contributed by atoms with Crippen LogP contribution in [0.5, 0.6) is 11.5 Å². The second-order valence-electron chi connectivity index (χ2n) is 7.93. The fourth-order valence-electron chi connectivity index (χ4n) is 4.43. The van der Waals surface area contributed by atoms with E-state index in [0.717, 1.165) is 50.5 Å². The number of benzene rings is 1. The van der Waals surface area contributed by atoms with Gasteiger partial charge in [0, 0.05) is 17.0 Å². The molecule has 150 valence electrons. The molecule has 0 aromatic heterocycles. The van der Waals surface area contributed by atoms with E-state index in [2.05, 4.69) is 24.0 Å². The van der Waals surface area contributed by atoms with E-state index in [1.54, 1.807) is 0 Å². The number of carboxylic acids is 1. The van der Waals surface area contributed by atoms with Crippen molar-refractivity contribution in [3.63, 3.8) is 0 Å². The van der Waals surface area contributed by atoms with Gasteiger partial charge >= 0.3 is 5.97 Å². The zero-order chi connectivity index (χ0) is 19.3. The molecule has 1 saturated heterocycles. The number of rotatable bonds is 9. The summed E-state index contributed by atoms with van der Waals surface area (Å²) in [5.74, 6) is 1.12. The summed E-state index contributed by atoms with van der Waals surface area (Å²) in [5, 5.41) is 9.41. The Kier molecular flexibility index (Phi) is 6.64. The van der Waals surface area contributed by atoms with Gasteiger partial charge in [-0.3, -0.25) is 9.69 Å². The van der Waals surface area contributed by atoms with Crippen molar-refractivity contribution in [1.82, 2.24) is 4.90 Å². The van der Waals surface area contributed by atoms with Gasteiger partial charge in [-0.15, -0.1) is 0 Å². The summed E-state index contributed by atoms with van der Waals surface area (Å²) in [4.78, 5) is 13.6. The molecule has 1 atom stereocenters. The standard InChI is InChI=1S/C22H33NO4/c1-3-5-6-7-14-26-17-8-9-18-20(15-17)27-16-22(18)10-12-23(13-11-22)19(4-2)21(24)25/h8-9,15,19H,3-7,10-14,16H2,1-2H3,(H,24,25). The molecular weight excluding hydrogens is 342 g/mol. The number of unbranched alkanes of at least 4 members (excludes halogenated alkanes) is 3. The van der Waals surface area contributed by atoms with Crippen LogP contribution in [-0.2, 0) is 10.2 Å². The third-order valence-electron chi connectivity index (χ3n) is 6.16. The summed E-state index contributed by atoms with van der Waals surface area (Å²) in [5.41, 5.74) is 1.30. The molecular formula is C22H33NO4. The Bertz CT molecular complexity index is 637. The van der Waals surface area contributed by atoms with Crippen LogP contribution in [0.1, 0.15) is 64.4 Å². The minimum Gasteiger partial charge on any atom is -0.493 e. The van der Waals surface area contributed by atoms with Crippen LogP contribution in [0.15, 0.2) is 18.2 Å². The van der Waals surface area contributed by atoms with Crippen LogP contribution in [0.2, 0.25) is 0 Å². The van der Waals surface area contributed by atoms with E-state index in [1.165, 1.54) is 24.8 Å². The summed E-state index contributed by atoms with van der Waals surface area (Å²) in [6.45, 7) is 7.23. The Morgan fingerprint density at radius 3 is 2.70 bits per heavy atom. The largest absolute Gasteiger partial charge is 0.493 e. The summed E-state index contributed by atoms with van der Waals surface area (Å²) in [6.07, 6.45) is 7.34. The van der Waals surface area contributed by atoms with E-state index in [1.807, 2.05) is 13.0 Å². The van der Waals surface area contributed by atoms with Crippen LogP contribution in [0.25, 0.3) is 0 Å². The van der Waals surface area contributed by atoms with Gasteiger partial charge in [0.25, 0.3) is 0 Å². The third kappa shape index (κ3) is 4.40. The van der Waals surface area contributed by atoms with E-state index < -0.39 is 5.97 Å². The second kappa shape index (κ2) is 8.96. The molecule has 2 aliphatic heterocycles. The van der Waals surface area contributed by atoms with Crippen molar-refractivity contribution in [2.45, 2.75) is 70.3 Å². The van der Waals surface area contributed by atoms with Crippen LogP contribution in [0, 0.1) is 0 Å². The highest BCUT2D eigenvalue weighted by Gasteiger charge is 2.44. The zero-order valence-electron chi connectivity index (χ0n) is 16.7. The maximum atomic E-state index is 11.4. The zero-order valence-corrected chi connectivity index (χ0v) is 16.7. The monoisotopic (exact) mass is 375 g/mol. The average Bonchev–Trinajstić information content (AvgIpc) is 3.01.